The molecule has 3 heterocycles. The second-order valence-corrected chi connectivity index (χ2v) is 6.39. The van der Waals surface area contributed by atoms with Gasteiger partial charge in [0.05, 0.1) is 11.8 Å². The zero-order valence-electron chi connectivity index (χ0n) is 14.4. The predicted molar refractivity (Wildman–Crippen MR) is 94.3 cm³/mol. The SMILES string of the molecule is Cc1cc(C)n(CCCNc2nccc(N3CCC(O)CC3)n2)n1. The third-order valence-electron chi connectivity index (χ3n) is 4.36. The first kappa shape index (κ1) is 16.7. The highest BCUT2D eigenvalue weighted by Gasteiger charge is 2.18. The quantitative estimate of drug-likeness (QED) is 0.786. The van der Waals surface area contributed by atoms with Gasteiger partial charge in [-0.25, -0.2) is 4.98 Å². The zero-order chi connectivity index (χ0) is 16.9. The van der Waals surface area contributed by atoms with Gasteiger partial charge in [0, 0.05) is 38.1 Å². The van der Waals surface area contributed by atoms with Crippen LogP contribution in [0.15, 0.2) is 18.3 Å². The zero-order valence-corrected chi connectivity index (χ0v) is 14.4. The Morgan fingerprint density at radius 3 is 2.79 bits per heavy atom. The summed E-state index contributed by atoms with van der Waals surface area (Å²) in [4.78, 5) is 11.1. The van der Waals surface area contributed by atoms with Gasteiger partial charge in [-0.1, -0.05) is 0 Å². The lowest BCUT2D eigenvalue weighted by Crippen LogP contribution is -2.36. The monoisotopic (exact) mass is 330 g/mol. The predicted octanol–water partition coefficient (Wildman–Crippen LogP) is 1.75. The van der Waals surface area contributed by atoms with Crippen molar-refractivity contribution in [3.05, 3.63) is 29.7 Å². The molecule has 1 aliphatic rings. The van der Waals surface area contributed by atoms with Gasteiger partial charge in [-0.05, 0) is 45.2 Å². The van der Waals surface area contributed by atoms with Crippen molar-refractivity contribution < 1.29 is 5.11 Å². The van der Waals surface area contributed by atoms with Crippen LogP contribution in [0.4, 0.5) is 11.8 Å². The van der Waals surface area contributed by atoms with Gasteiger partial charge in [0.15, 0.2) is 0 Å². The Morgan fingerprint density at radius 2 is 2.08 bits per heavy atom. The van der Waals surface area contributed by atoms with Gasteiger partial charge in [0.2, 0.25) is 5.95 Å². The average molecular weight is 330 g/mol. The molecule has 0 aromatic carbocycles. The van der Waals surface area contributed by atoms with Crippen LogP contribution in [0.5, 0.6) is 0 Å². The molecule has 7 nitrogen and oxygen atoms in total. The van der Waals surface area contributed by atoms with E-state index < -0.39 is 0 Å². The maximum absolute atomic E-state index is 9.61. The number of aliphatic hydroxyl groups is 1. The van der Waals surface area contributed by atoms with E-state index >= 15 is 0 Å². The fourth-order valence-corrected chi connectivity index (χ4v) is 3.04. The van der Waals surface area contributed by atoms with Gasteiger partial charge in [0.1, 0.15) is 5.82 Å². The molecule has 0 radical (unpaired) electrons. The van der Waals surface area contributed by atoms with E-state index in [0.717, 1.165) is 57.0 Å². The molecule has 0 spiro atoms. The van der Waals surface area contributed by atoms with Crippen LogP contribution in [0.3, 0.4) is 0 Å². The largest absolute Gasteiger partial charge is 0.393 e. The summed E-state index contributed by atoms with van der Waals surface area (Å²) in [5, 5.41) is 17.4. The second-order valence-electron chi connectivity index (χ2n) is 6.39. The number of rotatable bonds is 6. The van der Waals surface area contributed by atoms with Crippen LogP contribution < -0.4 is 10.2 Å². The topological polar surface area (TPSA) is 79.1 Å². The van der Waals surface area contributed by atoms with E-state index in [1.807, 2.05) is 17.7 Å². The standard InChI is InChI=1S/C17H26N6O/c1-13-12-14(2)23(21-13)9-3-7-18-17-19-8-4-16(20-17)22-10-5-15(24)6-11-22/h4,8,12,15,24H,3,5-7,9-11H2,1-2H3,(H,18,19,20). The molecule has 7 heteroatoms. The van der Waals surface area contributed by atoms with Crippen molar-refractivity contribution in [2.24, 2.45) is 0 Å². The van der Waals surface area contributed by atoms with Crippen LogP contribution in [0.25, 0.3) is 0 Å². The molecule has 3 rings (SSSR count). The summed E-state index contributed by atoms with van der Waals surface area (Å²) in [6, 6.07) is 4.02. The maximum atomic E-state index is 9.61. The van der Waals surface area contributed by atoms with Crippen molar-refractivity contribution >= 4 is 11.8 Å². The van der Waals surface area contributed by atoms with Crippen molar-refractivity contribution in [3.63, 3.8) is 0 Å². The van der Waals surface area contributed by atoms with E-state index in [1.54, 1.807) is 6.20 Å². The van der Waals surface area contributed by atoms with Gasteiger partial charge in [0.25, 0.3) is 0 Å². The van der Waals surface area contributed by atoms with Gasteiger partial charge >= 0.3 is 0 Å². The van der Waals surface area contributed by atoms with E-state index in [1.165, 1.54) is 5.69 Å². The molecule has 2 aromatic rings. The molecule has 130 valence electrons. The fourth-order valence-electron chi connectivity index (χ4n) is 3.04. The Kier molecular flexibility index (Phi) is 5.30. The highest BCUT2D eigenvalue weighted by molar-refractivity contribution is 5.42. The number of hydrogen-bond acceptors (Lipinski definition) is 6. The molecule has 1 fully saturated rings. The van der Waals surface area contributed by atoms with Gasteiger partial charge in [-0.3, -0.25) is 4.68 Å². The minimum Gasteiger partial charge on any atom is -0.393 e. The smallest absolute Gasteiger partial charge is 0.224 e. The van der Waals surface area contributed by atoms with E-state index in [2.05, 4.69) is 38.3 Å². The lowest BCUT2D eigenvalue weighted by molar-refractivity contribution is 0.145. The molecule has 0 unspecified atom stereocenters. The molecule has 0 saturated carbocycles. The van der Waals surface area contributed by atoms with Gasteiger partial charge in [-0.2, -0.15) is 10.1 Å². The summed E-state index contributed by atoms with van der Waals surface area (Å²) in [6.45, 7) is 7.47. The molecule has 1 saturated heterocycles. The summed E-state index contributed by atoms with van der Waals surface area (Å²) in [5.41, 5.74) is 2.25. The molecule has 0 bridgehead atoms. The van der Waals surface area contributed by atoms with Crippen molar-refractivity contribution in [1.29, 1.82) is 0 Å². The first-order valence-corrected chi connectivity index (χ1v) is 8.63. The highest BCUT2D eigenvalue weighted by atomic mass is 16.3. The van der Waals surface area contributed by atoms with Crippen LogP contribution in [0.2, 0.25) is 0 Å². The summed E-state index contributed by atoms with van der Waals surface area (Å²) < 4.78 is 2.04. The fraction of sp³-hybridized carbons (Fsp3) is 0.588. The van der Waals surface area contributed by atoms with E-state index in [-0.39, 0.29) is 6.10 Å². The number of aromatic nitrogens is 4. The number of anilines is 2. The number of nitrogens with one attached hydrogen (secondary N) is 1. The molecular formula is C17H26N6O. The van der Waals surface area contributed by atoms with Crippen LogP contribution in [-0.4, -0.2) is 50.6 Å². The van der Waals surface area contributed by atoms with E-state index in [4.69, 9.17) is 0 Å². The first-order valence-electron chi connectivity index (χ1n) is 8.63. The van der Waals surface area contributed by atoms with Gasteiger partial charge in [-0.15, -0.1) is 0 Å². The molecule has 24 heavy (non-hydrogen) atoms. The number of piperidine rings is 1. The first-order chi connectivity index (χ1) is 11.6. The molecule has 2 aromatic heterocycles. The van der Waals surface area contributed by atoms with Crippen molar-refractivity contribution in [2.45, 2.75) is 45.8 Å². The Morgan fingerprint density at radius 1 is 1.29 bits per heavy atom. The molecule has 2 N–H and O–H groups in total. The normalized spacial score (nSPS) is 15.7. The molecular weight excluding hydrogens is 304 g/mol. The second kappa shape index (κ2) is 7.61. The minimum absolute atomic E-state index is 0.171. The highest BCUT2D eigenvalue weighted by Crippen LogP contribution is 2.18. The van der Waals surface area contributed by atoms with E-state index in [0.29, 0.717) is 5.95 Å². The number of nitrogens with zero attached hydrogens (tertiary/aromatic N) is 5. The van der Waals surface area contributed by atoms with Crippen LogP contribution in [-0.2, 0) is 6.54 Å². The number of aliphatic hydroxyl groups excluding tert-OH is 1. The third-order valence-corrected chi connectivity index (χ3v) is 4.36. The Labute approximate surface area is 142 Å². The lowest BCUT2D eigenvalue weighted by Gasteiger charge is -2.30. The van der Waals surface area contributed by atoms with Crippen LogP contribution in [0, 0.1) is 13.8 Å². The number of hydrogen-bond donors (Lipinski definition) is 2. The third kappa shape index (κ3) is 4.23. The summed E-state index contributed by atoms with van der Waals surface area (Å²) >= 11 is 0. The van der Waals surface area contributed by atoms with Crippen molar-refractivity contribution in [2.75, 3.05) is 29.9 Å². The van der Waals surface area contributed by atoms with Crippen molar-refractivity contribution in [1.82, 2.24) is 19.7 Å². The summed E-state index contributed by atoms with van der Waals surface area (Å²) in [7, 11) is 0. The average Bonchev–Trinajstić information content (AvgIpc) is 2.90. The maximum Gasteiger partial charge on any atom is 0.224 e. The Hall–Kier alpha value is -2.15. The minimum atomic E-state index is -0.171. The number of aryl methyl sites for hydroxylation is 3. The molecule has 0 aliphatic carbocycles. The molecule has 0 amide bonds. The lowest BCUT2D eigenvalue weighted by atomic mass is 10.1. The van der Waals surface area contributed by atoms with Crippen molar-refractivity contribution in [3.8, 4) is 0 Å². The molecule has 1 aliphatic heterocycles. The van der Waals surface area contributed by atoms with Gasteiger partial charge < -0.3 is 15.3 Å². The Bertz CT molecular complexity index is 663. The van der Waals surface area contributed by atoms with E-state index in [9.17, 15) is 5.11 Å². The van der Waals surface area contributed by atoms with Crippen LogP contribution >= 0.6 is 0 Å². The Balaban J connectivity index is 1.49. The summed E-state index contributed by atoms with van der Waals surface area (Å²) in [6.07, 6.45) is 4.18. The summed E-state index contributed by atoms with van der Waals surface area (Å²) in [5.74, 6) is 1.59. The van der Waals surface area contributed by atoms with Crippen LogP contribution in [0.1, 0.15) is 30.7 Å². The molecule has 0 atom stereocenters.